The van der Waals surface area contributed by atoms with Crippen molar-refractivity contribution in [3.8, 4) is 0 Å². The van der Waals surface area contributed by atoms with Crippen LogP contribution >= 0.6 is 0 Å². The Morgan fingerprint density at radius 3 is 1.94 bits per heavy atom. The smallest absolute Gasteiger partial charge is 0.242 e. The highest BCUT2D eigenvalue weighted by Gasteiger charge is 2.28. The highest BCUT2D eigenvalue weighted by Crippen LogP contribution is 2.25. The van der Waals surface area contributed by atoms with Crippen molar-refractivity contribution in [3.63, 3.8) is 0 Å². The molecular formula is C29H30N4O2. The molecule has 4 rings (SSSR count). The Morgan fingerprint density at radius 1 is 0.771 bits per heavy atom. The molecular weight excluding hydrogens is 436 g/mol. The number of nitrogens with zero attached hydrogens (tertiary/aromatic N) is 2. The van der Waals surface area contributed by atoms with Gasteiger partial charge in [-0.3, -0.25) is 14.3 Å². The molecule has 1 aromatic heterocycles. The summed E-state index contributed by atoms with van der Waals surface area (Å²) in [5.74, 6) is -0.902. The molecule has 35 heavy (non-hydrogen) atoms. The molecule has 0 bridgehead atoms. The predicted octanol–water partition coefficient (Wildman–Crippen LogP) is 3.95. The molecule has 2 amide bonds. The second-order valence-corrected chi connectivity index (χ2v) is 8.42. The molecule has 2 N–H and O–H groups in total. The van der Waals surface area contributed by atoms with E-state index in [1.165, 1.54) is 0 Å². The molecule has 0 saturated carbocycles. The SMILES string of the molecule is O=C(NCCCn1cccn1)C(Cc1ccccc1)NC(=O)C(c1ccccc1)c1ccccc1. The van der Waals surface area contributed by atoms with Gasteiger partial charge in [-0.2, -0.15) is 5.10 Å². The summed E-state index contributed by atoms with van der Waals surface area (Å²) in [7, 11) is 0. The summed E-state index contributed by atoms with van der Waals surface area (Å²) in [6.07, 6.45) is 4.79. The van der Waals surface area contributed by atoms with Crippen LogP contribution in [0.2, 0.25) is 0 Å². The number of carbonyl (C=O) groups is 2. The first-order chi connectivity index (χ1) is 17.2. The van der Waals surface area contributed by atoms with Gasteiger partial charge in [0, 0.05) is 31.9 Å². The zero-order valence-corrected chi connectivity index (χ0v) is 19.6. The topological polar surface area (TPSA) is 76.0 Å². The maximum atomic E-state index is 13.6. The van der Waals surface area contributed by atoms with E-state index in [0.29, 0.717) is 19.5 Å². The number of hydrogen-bond acceptors (Lipinski definition) is 3. The number of amides is 2. The monoisotopic (exact) mass is 466 g/mol. The summed E-state index contributed by atoms with van der Waals surface area (Å²) >= 11 is 0. The fourth-order valence-corrected chi connectivity index (χ4v) is 4.11. The molecule has 178 valence electrons. The molecule has 1 unspecified atom stereocenters. The van der Waals surface area contributed by atoms with Crippen molar-refractivity contribution in [2.75, 3.05) is 6.54 Å². The van der Waals surface area contributed by atoms with Gasteiger partial charge in [-0.15, -0.1) is 0 Å². The quantitative estimate of drug-likeness (QED) is 0.329. The lowest BCUT2D eigenvalue weighted by atomic mass is 9.90. The molecule has 0 aliphatic rings. The van der Waals surface area contributed by atoms with Crippen LogP contribution in [-0.2, 0) is 22.6 Å². The summed E-state index contributed by atoms with van der Waals surface area (Å²) in [4.78, 5) is 26.8. The molecule has 1 heterocycles. The second-order valence-electron chi connectivity index (χ2n) is 8.42. The minimum Gasteiger partial charge on any atom is -0.354 e. The van der Waals surface area contributed by atoms with Gasteiger partial charge >= 0.3 is 0 Å². The average molecular weight is 467 g/mol. The van der Waals surface area contributed by atoms with Crippen LogP contribution in [-0.4, -0.2) is 34.2 Å². The predicted molar refractivity (Wildman–Crippen MR) is 137 cm³/mol. The zero-order chi connectivity index (χ0) is 24.3. The minimum atomic E-state index is -0.690. The van der Waals surface area contributed by atoms with Crippen LogP contribution in [0.4, 0.5) is 0 Å². The van der Waals surface area contributed by atoms with Crippen LogP contribution in [0.25, 0.3) is 0 Å². The Balaban J connectivity index is 1.49. The van der Waals surface area contributed by atoms with Gasteiger partial charge in [-0.1, -0.05) is 91.0 Å². The van der Waals surface area contributed by atoms with E-state index in [1.54, 1.807) is 6.20 Å². The van der Waals surface area contributed by atoms with Gasteiger partial charge in [-0.25, -0.2) is 0 Å². The van der Waals surface area contributed by atoms with Crippen molar-refractivity contribution in [2.45, 2.75) is 31.3 Å². The van der Waals surface area contributed by atoms with Gasteiger partial charge in [0.15, 0.2) is 0 Å². The average Bonchev–Trinajstić information content (AvgIpc) is 3.42. The van der Waals surface area contributed by atoms with Crippen molar-refractivity contribution >= 4 is 11.8 Å². The van der Waals surface area contributed by atoms with Gasteiger partial charge in [0.05, 0.1) is 5.92 Å². The molecule has 4 aromatic rings. The van der Waals surface area contributed by atoms with E-state index >= 15 is 0 Å². The van der Waals surface area contributed by atoms with Crippen molar-refractivity contribution in [2.24, 2.45) is 0 Å². The number of benzene rings is 3. The lowest BCUT2D eigenvalue weighted by Gasteiger charge is -2.23. The molecule has 0 aliphatic carbocycles. The number of rotatable bonds is 11. The highest BCUT2D eigenvalue weighted by molar-refractivity contribution is 5.92. The fourth-order valence-electron chi connectivity index (χ4n) is 4.11. The van der Waals surface area contributed by atoms with E-state index in [1.807, 2.05) is 108 Å². The van der Waals surface area contributed by atoms with E-state index in [-0.39, 0.29) is 11.8 Å². The van der Waals surface area contributed by atoms with Crippen LogP contribution in [0.15, 0.2) is 109 Å². The number of aryl methyl sites for hydroxylation is 1. The number of hydrogen-bond donors (Lipinski definition) is 2. The van der Waals surface area contributed by atoms with Crippen LogP contribution in [0.1, 0.15) is 29.0 Å². The molecule has 6 nitrogen and oxygen atoms in total. The lowest BCUT2D eigenvalue weighted by molar-refractivity contribution is -0.129. The Kier molecular flexibility index (Phi) is 8.43. The summed E-state index contributed by atoms with van der Waals surface area (Å²) in [6, 6.07) is 30.3. The third kappa shape index (κ3) is 6.90. The molecule has 6 heteroatoms. The van der Waals surface area contributed by atoms with E-state index in [4.69, 9.17) is 0 Å². The van der Waals surface area contributed by atoms with E-state index in [2.05, 4.69) is 15.7 Å². The molecule has 3 aromatic carbocycles. The maximum Gasteiger partial charge on any atom is 0.242 e. The Hall–Kier alpha value is -4.19. The summed E-state index contributed by atoms with van der Waals surface area (Å²) in [5.41, 5.74) is 2.75. The third-order valence-electron chi connectivity index (χ3n) is 5.87. The van der Waals surface area contributed by atoms with Crippen molar-refractivity contribution in [1.29, 1.82) is 0 Å². The Bertz CT molecular complexity index is 1140. The largest absolute Gasteiger partial charge is 0.354 e. The summed E-state index contributed by atoms with van der Waals surface area (Å²) in [6.45, 7) is 1.22. The molecule has 0 saturated heterocycles. The van der Waals surface area contributed by atoms with Gasteiger partial charge in [0.25, 0.3) is 0 Å². The van der Waals surface area contributed by atoms with Crippen LogP contribution in [0.5, 0.6) is 0 Å². The molecule has 1 atom stereocenters. The van der Waals surface area contributed by atoms with Crippen molar-refractivity contribution < 1.29 is 9.59 Å². The number of nitrogens with one attached hydrogen (secondary N) is 2. The molecule has 0 spiro atoms. The first-order valence-corrected chi connectivity index (χ1v) is 11.9. The second kappa shape index (κ2) is 12.3. The number of aromatic nitrogens is 2. The maximum absolute atomic E-state index is 13.6. The van der Waals surface area contributed by atoms with Gasteiger partial charge in [-0.05, 0) is 29.2 Å². The van der Waals surface area contributed by atoms with Crippen molar-refractivity contribution in [1.82, 2.24) is 20.4 Å². The Labute approximate surface area is 206 Å². The highest BCUT2D eigenvalue weighted by atomic mass is 16.2. The van der Waals surface area contributed by atoms with E-state index < -0.39 is 12.0 Å². The summed E-state index contributed by atoms with van der Waals surface area (Å²) < 4.78 is 1.83. The molecule has 0 fully saturated rings. The van der Waals surface area contributed by atoms with Gasteiger partial charge in [0.2, 0.25) is 11.8 Å². The summed E-state index contributed by atoms with van der Waals surface area (Å²) in [5, 5.41) is 10.2. The van der Waals surface area contributed by atoms with Crippen LogP contribution in [0.3, 0.4) is 0 Å². The standard InChI is InChI=1S/C29H30N4O2/c34-28(30-18-10-20-33-21-11-19-31-33)26(22-23-12-4-1-5-13-23)32-29(35)27(24-14-6-2-7-15-24)25-16-8-3-9-17-25/h1-9,11-17,19,21,26-27H,10,18,20,22H2,(H,30,34)(H,32,35). The minimum absolute atomic E-state index is 0.192. The lowest BCUT2D eigenvalue weighted by Crippen LogP contribution is -2.49. The zero-order valence-electron chi connectivity index (χ0n) is 19.6. The van der Waals surface area contributed by atoms with Crippen LogP contribution < -0.4 is 10.6 Å². The van der Waals surface area contributed by atoms with Crippen LogP contribution in [0, 0.1) is 0 Å². The van der Waals surface area contributed by atoms with E-state index in [9.17, 15) is 9.59 Å². The van der Waals surface area contributed by atoms with Crippen molar-refractivity contribution in [3.05, 3.63) is 126 Å². The van der Waals surface area contributed by atoms with E-state index in [0.717, 1.165) is 23.1 Å². The number of carbonyl (C=O) groups excluding carboxylic acids is 2. The third-order valence-corrected chi connectivity index (χ3v) is 5.87. The first-order valence-electron chi connectivity index (χ1n) is 11.9. The first kappa shape index (κ1) is 24.0. The normalized spacial score (nSPS) is 11.7. The van der Waals surface area contributed by atoms with Gasteiger partial charge in [0.1, 0.15) is 6.04 Å². The Morgan fingerprint density at radius 2 is 1.37 bits per heavy atom. The molecule has 0 aliphatic heterocycles. The fraction of sp³-hybridized carbons (Fsp3) is 0.207. The molecule has 0 radical (unpaired) electrons. The van der Waals surface area contributed by atoms with Gasteiger partial charge < -0.3 is 10.6 Å².